The largest absolute Gasteiger partial charge is 0.353 e. The molecule has 2 rings (SSSR count). The molecule has 16 heavy (non-hydrogen) atoms. The molecule has 1 saturated heterocycles. The molecular formula is C13H19BrN2. The molecule has 0 aliphatic carbocycles. The van der Waals surface area contributed by atoms with Crippen LogP contribution in [0.1, 0.15) is 31.2 Å². The van der Waals surface area contributed by atoms with Gasteiger partial charge < -0.3 is 4.90 Å². The summed E-state index contributed by atoms with van der Waals surface area (Å²) in [5.41, 5.74) is 1.23. The highest BCUT2D eigenvalue weighted by Crippen LogP contribution is 2.23. The van der Waals surface area contributed by atoms with Gasteiger partial charge >= 0.3 is 0 Å². The Hall–Kier alpha value is -0.570. The molecule has 0 aromatic carbocycles. The average Bonchev–Trinajstić information content (AvgIpc) is 2.55. The first kappa shape index (κ1) is 11.9. The van der Waals surface area contributed by atoms with Crippen molar-refractivity contribution in [3.8, 4) is 0 Å². The summed E-state index contributed by atoms with van der Waals surface area (Å²) in [5.74, 6) is 1.14. The van der Waals surface area contributed by atoms with Gasteiger partial charge in [-0.15, -0.1) is 0 Å². The van der Waals surface area contributed by atoms with Crippen LogP contribution in [0.3, 0.4) is 0 Å². The molecule has 1 fully saturated rings. The molecule has 3 heteroatoms. The number of halogens is 1. The number of alkyl halides is 1. The fraction of sp³-hybridized carbons (Fsp3) is 0.615. The van der Waals surface area contributed by atoms with Crippen LogP contribution in [-0.2, 0) is 0 Å². The van der Waals surface area contributed by atoms with Crippen LogP contribution in [-0.4, -0.2) is 22.9 Å². The summed E-state index contributed by atoms with van der Waals surface area (Å²) in [5, 5.41) is 1.04. The van der Waals surface area contributed by atoms with Gasteiger partial charge in [0, 0.05) is 24.1 Å². The summed E-state index contributed by atoms with van der Waals surface area (Å²) in [7, 11) is 0. The van der Waals surface area contributed by atoms with Gasteiger partial charge in [0.2, 0.25) is 0 Å². The number of nitrogens with zero attached hydrogens (tertiary/aromatic N) is 2. The third-order valence-electron chi connectivity index (χ3n) is 3.25. The van der Waals surface area contributed by atoms with Crippen LogP contribution >= 0.6 is 15.9 Å². The molecule has 2 heterocycles. The predicted molar refractivity (Wildman–Crippen MR) is 72.4 cm³/mol. The molecule has 2 nitrogen and oxygen atoms in total. The van der Waals surface area contributed by atoms with E-state index < -0.39 is 0 Å². The summed E-state index contributed by atoms with van der Waals surface area (Å²) in [4.78, 5) is 7.01. The number of hydrogen-bond acceptors (Lipinski definition) is 2. The Labute approximate surface area is 106 Å². The molecule has 0 saturated carbocycles. The lowest BCUT2D eigenvalue weighted by atomic mass is 10.1. The number of aryl methyl sites for hydroxylation is 1. The Morgan fingerprint density at radius 2 is 2.25 bits per heavy atom. The van der Waals surface area contributed by atoms with Gasteiger partial charge in [0.15, 0.2) is 0 Å². The Bertz CT molecular complexity index is 323. The molecule has 1 aromatic rings. The van der Waals surface area contributed by atoms with Crippen LogP contribution in [0.15, 0.2) is 18.3 Å². The van der Waals surface area contributed by atoms with Crippen LogP contribution in [0.25, 0.3) is 0 Å². The highest BCUT2D eigenvalue weighted by atomic mass is 79.9. The lowest BCUT2D eigenvalue weighted by Crippen LogP contribution is -2.36. The molecule has 1 aliphatic rings. The van der Waals surface area contributed by atoms with Crippen molar-refractivity contribution in [1.29, 1.82) is 0 Å². The van der Waals surface area contributed by atoms with Gasteiger partial charge in [0.25, 0.3) is 0 Å². The number of hydrogen-bond donors (Lipinski definition) is 0. The smallest absolute Gasteiger partial charge is 0.128 e. The van der Waals surface area contributed by atoms with Crippen molar-refractivity contribution in [2.45, 2.75) is 38.6 Å². The van der Waals surface area contributed by atoms with Crippen molar-refractivity contribution in [1.82, 2.24) is 4.98 Å². The quantitative estimate of drug-likeness (QED) is 0.772. The first-order valence-corrected chi connectivity index (χ1v) is 7.18. The summed E-state index contributed by atoms with van der Waals surface area (Å²) >= 11 is 3.63. The first-order valence-electron chi connectivity index (χ1n) is 6.06. The maximum absolute atomic E-state index is 4.55. The topological polar surface area (TPSA) is 16.1 Å². The third kappa shape index (κ3) is 2.76. The summed E-state index contributed by atoms with van der Waals surface area (Å²) in [6, 6.07) is 4.91. The molecule has 1 aromatic heterocycles. The number of pyridine rings is 1. The summed E-state index contributed by atoms with van der Waals surface area (Å²) in [6.07, 6.45) is 7.23. The van der Waals surface area contributed by atoms with Gasteiger partial charge in [-0.1, -0.05) is 34.8 Å². The van der Waals surface area contributed by atoms with Crippen LogP contribution in [0.5, 0.6) is 0 Å². The summed E-state index contributed by atoms with van der Waals surface area (Å²) in [6.45, 7) is 3.23. The van der Waals surface area contributed by atoms with Crippen molar-refractivity contribution in [3.05, 3.63) is 23.9 Å². The molecule has 1 aliphatic heterocycles. The van der Waals surface area contributed by atoms with Crippen molar-refractivity contribution in [2.24, 2.45) is 0 Å². The van der Waals surface area contributed by atoms with E-state index in [1.54, 1.807) is 0 Å². The summed E-state index contributed by atoms with van der Waals surface area (Å²) < 4.78 is 0. The molecule has 0 bridgehead atoms. The second-order valence-corrected chi connectivity index (χ2v) is 5.19. The van der Waals surface area contributed by atoms with E-state index in [1.807, 2.05) is 6.20 Å². The van der Waals surface area contributed by atoms with E-state index in [0.29, 0.717) is 6.04 Å². The maximum Gasteiger partial charge on any atom is 0.128 e. The molecule has 0 amide bonds. The Morgan fingerprint density at radius 3 is 2.94 bits per heavy atom. The zero-order chi connectivity index (χ0) is 11.4. The normalized spacial score (nSPS) is 21.9. The molecule has 0 spiro atoms. The zero-order valence-electron chi connectivity index (χ0n) is 9.82. The van der Waals surface area contributed by atoms with Crippen LogP contribution < -0.4 is 4.90 Å². The van der Waals surface area contributed by atoms with Gasteiger partial charge in [-0.2, -0.15) is 0 Å². The number of anilines is 1. The van der Waals surface area contributed by atoms with E-state index in [1.165, 1.54) is 31.2 Å². The second-order valence-electron chi connectivity index (χ2n) is 4.54. The molecule has 0 N–H and O–H groups in total. The minimum absolute atomic E-state index is 0.609. The van der Waals surface area contributed by atoms with Crippen molar-refractivity contribution < 1.29 is 0 Å². The zero-order valence-corrected chi connectivity index (χ0v) is 11.4. The fourth-order valence-corrected chi connectivity index (χ4v) is 2.94. The van der Waals surface area contributed by atoms with E-state index in [4.69, 9.17) is 0 Å². The Balaban J connectivity index is 2.18. The van der Waals surface area contributed by atoms with E-state index >= 15 is 0 Å². The third-order valence-corrected chi connectivity index (χ3v) is 3.99. The average molecular weight is 283 g/mol. The minimum Gasteiger partial charge on any atom is -0.353 e. The number of aromatic nitrogens is 1. The van der Waals surface area contributed by atoms with Crippen LogP contribution in [0, 0.1) is 6.92 Å². The highest BCUT2D eigenvalue weighted by molar-refractivity contribution is 9.09. The monoisotopic (exact) mass is 282 g/mol. The molecule has 1 unspecified atom stereocenters. The van der Waals surface area contributed by atoms with Crippen molar-refractivity contribution >= 4 is 21.7 Å². The van der Waals surface area contributed by atoms with Crippen molar-refractivity contribution in [2.75, 3.05) is 16.8 Å². The molecule has 0 radical (unpaired) electrons. The van der Waals surface area contributed by atoms with E-state index in [-0.39, 0.29) is 0 Å². The Kier molecular flexibility index (Phi) is 4.22. The molecule has 88 valence electrons. The molecule has 1 atom stereocenters. The lowest BCUT2D eigenvalue weighted by Gasteiger charge is -2.29. The lowest BCUT2D eigenvalue weighted by molar-refractivity contribution is 0.621. The van der Waals surface area contributed by atoms with E-state index in [0.717, 1.165) is 17.7 Å². The maximum atomic E-state index is 4.55. The van der Waals surface area contributed by atoms with E-state index in [9.17, 15) is 0 Å². The highest BCUT2D eigenvalue weighted by Gasteiger charge is 2.20. The first-order chi connectivity index (χ1) is 7.81. The Morgan fingerprint density at radius 1 is 1.38 bits per heavy atom. The van der Waals surface area contributed by atoms with E-state index in [2.05, 4.69) is 44.9 Å². The molecular weight excluding hydrogens is 264 g/mol. The van der Waals surface area contributed by atoms with Gasteiger partial charge in [0.1, 0.15) is 5.82 Å². The van der Waals surface area contributed by atoms with Gasteiger partial charge in [-0.05, 0) is 31.4 Å². The SMILES string of the molecule is Cc1ccc(N2CCCCCC2CBr)nc1. The van der Waals surface area contributed by atoms with Crippen molar-refractivity contribution in [3.63, 3.8) is 0 Å². The van der Waals surface area contributed by atoms with Gasteiger partial charge in [-0.25, -0.2) is 4.98 Å². The second kappa shape index (κ2) is 5.67. The van der Waals surface area contributed by atoms with Crippen LogP contribution in [0.4, 0.5) is 5.82 Å². The van der Waals surface area contributed by atoms with Gasteiger partial charge in [-0.3, -0.25) is 0 Å². The van der Waals surface area contributed by atoms with Crippen LogP contribution in [0.2, 0.25) is 0 Å². The van der Waals surface area contributed by atoms with Gasteiger partial charge in [0.05, 0.1) is 0 Å². The fourth-order valence-electron chi connectivity index (χ4n) is 2.27. The minimum atomic E-state index is 0.609. The standard InChI is InChI=1S/C13H19BrN2/c1-11-6-7-13(15-10-11)16-8-4-2-3-5-12(16)9-14/h6-7,10,12H,2-5,8-9H2,1H3. The number of rotatable bonds is 2. The predicted octanol–water partition coefficient (Wildman–Crippen LogP) is 3.53.